The Morgan fingerprint density at radius 3 is 2.51 bits per heavy atom. The molecular weight excluding hydrogens is 448 g/mol. The Morgan fingerprint density at radius 1 is 1.06 bits per heavy atom. The highest BCUT2D eigenvalue weighted by molar-refractivity contribution is 5.80. The molecule has 0 unspecified atom stereocenters. The van der Waals surface area contributed by atoms with E-state index in [2.05, 4.69) is 31.7 Å². The zero-order chi connectivity index (χ0) is 24.4. The third-order valence-electron chi connectivity index (χ3n) is 5.96. The number of H-pyrrole nitrogens is 1. The summed E-state index contributed by atoms with van der Waals surface area (Å²) in [7, 11) is 0. The number of benzene rings is 2. The van der Waals surface area contributed by atoms with E-state index in [0.29, 0.717) is 30.0 Å². The number of hydrogen-bond donors (Lipinski definition) is 2. The maximum absolute atomic E-state index is 13.4. The van der Waals surface area contributed by atoms with Crippen LogP contribution in [0.2, 0.25) is 0 Å². The second kappa shape index (κ2) is 9.51. The van der Waals surface area contributed by atoms with Gasteiger partial charge in [0, 0.05) is 17.5 Å². The van der Waals surface area contributed by atoms with Crippen molar-refractivity contribution in [1.29, 1.82) is 0 Å². The number of aromatic nitrogens is 6. The number of aromatic amines is 1. The minimum absolute atomic E-state index is 0.153. The zero-order valence-corrected chi connectivity index (χ0v) is 19.1. The Balaban J connectivity index is 1.53. The number of rotatable bonds is 8. The van der Waals surface area contributed by atoms with E-state index in [4.69, 9.17) is 0 Å². The molecular formula is C25H24N6O4. The van der Waals surface area contributed by atoms with Crippen molar-refractivity contribution in [2.75, 3.05) is 6.61 Å². The van der Waals surface area contributed by atoms with Crippen LogP contribution in [0.3, 0.4) is 0 Å². The molecule has 2 aromatic carbocycles. The highest BCUT2D eigenvalue weighted by Crippen LogP contribution is 2.30. The predicted molar refractivity (Wildman–Crippen MR) is 129 cm³/mol. The van der Waals surface area contributed by atoms with Gasteiger partial charge in [0.1, 0.15) is 6.33 Å². The quantitative estimate of drug-likeness (QED) is 0.355. The number of aryl methyl sites for hydroxylation is 1. The zero-order valence-electron chi connectivity index (χ0n) is 19.1. The third-order valence-corrected chi connectivity index (χ3v) is 5.96. The summed E-state index contributed by atoms with van der Waals surface area (Å²) in [4.78, 5) is 31.6. The van der Waals surface area contributed by atoms with Crippen molar-refractivity contribution in [3.05, 3.63) is 92.6 Å². The van der Waals surface area contributed by atoms with Gasteiger partial charge < -0.3 is 5.11 Å². The number of nitrogens with zero attached hydrogens (tertiary/aromatic N) is 5. The van der Waals surface area contributed by atoms with Crippen LogP contribution in [0.4, 0.5) is 0 Å². The lowest BCUT2D eigenvalue weighted by atomic mass is 9.96. The molecule has 3 aromatic heterocycles. The summed E-state index contributed by atoms with van der Waals surface area (Å²) < 4.78 is 7.85. The molecule has 35 heavy (non-hydrogen) atoms. The van der Waals surface area contributed by atoms with Gasteiger partial charge in [-0.25, -0.2) is 9.31 Å². The topological polar surface area (TPSA) is 131 Å². The Bertz CT molecular complexity index is 1590. The second-order valence-corrected chi connectivity index (χ2v) is 8.19. The van der Waals surface area contributed by atoms with Crippen LogP contribution < -0.4 is 11.3 Å². The molecule has 3 heterocycles. The van der Waals surface area contributed by atoms with Gasteiger partial charge in [0.15, 0.2) is 5.82 Å². The number of nitrogens with one attached hydrogen (secondary N) is 1. The molecule has 0 spiro atoms. The van der Waals surface area contributed by atoms with Crippen LogP contribution in [-0.2, 0) is 19.4 Å². The van der Waals surface area contributed by atoms with Crippen LogP contribution in [0.15, 0.2) is 69.0 Å². The smallest absolute Gasteiger partial charge is 0.395 e. The fourth-order valence-electron chi connectivity index (χ4n) is 4.38. The first kappa shape index (κ1) is 22.5. The van der Waals surface area contributed by atoms with Crippen LogP contribution in [-0.4, -0.2) is 41.0 Å². The van der Waals surface area contributed by atoms with E-state index < -0.39 is 5.76 Å². The largest absolute Gasteiger partial charge is 0.439 e. The molecule has 0 aliphatic heterocycles. The molecule has 10 nitrogen and oxygen atoms in total. The van der Waals surface area contributed by atoms with Crippen molar-refractivity contribution in [1.82, 2.24) is 29.3 Å². The fraction of sp³-hybridized carbons (Fsp3) is 0.240. The molecule has 0 aliphatic carbocycles. The van der Waals surface area contributed by atoms with Crippen LogP contribution in [0.25, 0.3) is 28.3 Å². The lowest BCUT2D eigenvalue weighted by molar-refractivity contribution is 0.275. The minimum atomic E-state index is -0.607. The van der Waals surface area contributed by atoms with Crippen LogP contribution in [0, 0.1) is 0 Å². The lowest BCUT2D eigenvalue weighted by Crippen LogP contribution is -2.30. The first-order valence-electron chi connectivity index (χ1n) is 11.4. The number of aliphatic hydroxyl groups excluding tert-OH is 1. The van der Waals surface area contributed by atoms with Crippen LogP contribution in [0.5, 0.6) is 0 Å². The van der Waals surface area contributed by atoms with E-state index in [-0.39, 0.29) is 18.7 Å². The molecule has 178 valence electrons. The molecule has 0 atom stereocenters. The summed E-state index contributed by atoms with van der Waals surface area (Å²) in [6.07, 6.45) is 3.39. The van der Waals surface area contributed by atoms with Gasteiger partial charge in [-0.3, -0.25) is 18.9 Å². The molecule has 2 N–H and O–H groups in total. The van der Waals surface area contributed by atoms with Gasteiger partial charge in [-0.05, 0) is 23.1 Å². The van der Waals surface area contributed by atoms with Gasteiger partial charge in [0.25, 0.3) is 5.56 Å². The van der Waals surface area contributed by atoms with Gasteiger partial charge in [-0.2, -0.15) is 10.1 Å². The monoisotopic (exact) mass is 472 g/mol. The molecule has 0 saturated heterocycles. The lowest BCUT2D eigenvalue weighted by Gasteiger charge is -2.15. The minimum Gasteiger partial charge on any atom is -0.395 e. The molecule has 0 radical (unpaired) electrons. The molecule has 0 amide bonds. The summed E-state index contributed by atoms with van der Waals surface area (Å²) >= 11 is 0. The number of fused-ring (bicyclic) bond motifs is 1. The Kier molecular flexibility index (Phi) is 6.11. The predicted octanol–water partition coefficient (Wildman–Crippen LogP) is 2.44. The van der Waals surface area contributed by atoms with Gasteiger partial charge in [-0.1, -0.05) is 67.0 Å². The van der Waals surface area contributed by atoms with Gasteiger partial charge >= 0.3 is 5.76 Å². The molecule has 0 saturated carbocycles. The fourth-order valence-corrected chi connectivity index (χ4v) is 4.38. The normalized spacial score (nSPS) is 11.4. The van der Waals surface area contributed by atoms with E-state index in [9.17, 15) is 14.7 Å². The van der Waals surface area contributed by atoms with Gasteiger partial charge in [-0.15, -0.1) is 0 Å². The van der Waals surface area contributed by atoms with E-state index in [1.165, 1.54) is 10.9 Å². The summed E-state index contributed by atoms with van der Waals surface area (Å²) in [6, 6.07) is 15.5. The molecule has 0 fully saturated rings. The number of aliphatic hydroxyl groups is 1. The highest BCUT2D eigenvalue weighted by Gasteiger charge is 2.19. The third kappa shape index (κ3) is 4.19. The van der Waals surface area contributed by atoms with Gasteiger partial charge in [0.05, 0.1) is 18.8 Å². The summed E-state index contributed by atoms with van der Waals surface area (Å²) in [5, 5.41) is 17.7. The van der Waals surface area contributed by atoms with Crippen molar-refractivity contribution in [2.24, 2.45) is 0 Å². The first-order valence-corrected chi connectivity index (χ1v) is 11.4. The SMILES string of the molecule is CCCc1c(Cc2ccc(-c3ccccc3-c3noc(=O)[nH]3)cc2)c(=O)n(CCO)c2ncnn12. The van der Waals surface area contributed by atoms with E-state index >= 15 is 0 Å². The summed E-state index contributed by atoms with van der Waals surface area (Å²) in [5.74, 6) is 0.197. The van der Waals surface area contributed by atoms with Crippen molar-refractivity contribution in [3.63, 3.8) is 0 Å². The van der Waals surface area contributed by atoms with Crippen molar-refractivity contribution < 1.29 is 9.63 Å². The average Bonchev–Trinajstić information content (AvgIpc) is 3.54. The summed E-state index contributed by atoms with van der Waals surface area (Å²) in [5.41, 5.74) is 4.86. The summed E-state index contributed by atoms with van der Waals surface area (Å²) in [6.45, 7) is 2.04. The van der Waals surface area contributed by atoms with Crippen molar-refractivity contribution in [3.8, 4) is 22.5 Å². The Morgan fingerprint density at radius 2 is 1.83 bits per heavy atom. The van der Waals surface area contributed by atoms with E-state index in [1.807, 2.05) is 48.5 Å². The van der Waals surface area contributed by atoms with Gasteiger partial charge in [0.2, 0.25) is 5.78 Å². The van der Waals surface area contributed by atoms with Crippen molar-refractivity contribution in [2.45, 2.75) is 32.7 Å². The Hall–Kier alpha value is -4.31. The maximum Gasteiger partial charge on any atom is 0.439 e. The Labute approximate surface area is 199 Å². The molecule has 0 bridgehead atoms. The highest BCUT2D eigenvalue weighted by atomic mass is 16.5. The number of hydrogen-bond acceptors (Lipinski definition) is 7. The maximum atomic E-state index is 13.4. The molecule has 0 aliphatic rings. The average molecular weight is 473 g/mol. The van der Waals surface area contributed by atoms with E-state index in [1.54, 1.807) is 4.52 Å². The van der Waals surface area contributed by atoms with Crippen LogP contribution >= 0.6 is 0 Å². The molecule has 5 rings (SSSR count). The van der Waals surface area contributed by atoms with Crippen molar-refractivity contribution >= 4 is 5.78 Å². The standard InChI is InChI=1S/C25H24N6O4/c1-2-5-21-20(23(33)30(12-13-32)24-26-15-27-31(21)24)14-16-8-10-17(11-9-16)18-6-3-4-7-19(18)22-28-25(34)35-29-22/h3-4,6-11,15,32H,2,5,12-14H2,1H3,(H,28,29,34). The second-order valence-electron chi connectivity index (χ2n) is 8.19. The molecule has 10 heteroatoms. The van der Waals surface area contributed by atoms with Crippen LogP contribution in [0.1, 0.15) is 30.2 Å². The van der Waals surface area contributed by atoms with E-state index in [0.717, 1.165) is 34.4 Å². The first-order chi connectivity index (χ1) is 17.1. The molecule has 5 aromatic rings.